The summed E-state index contributed by atoms with van der Waals surface area (Å²) in [6.45, 7) is 4.65. The Labute approximate surface area is 197 Å². The number of halogens is 1. The first-order valence-corrected chi connectivity index (χ1v) is 12.1. The van der Waals surface area contributed by atoms with Crippen molar-refractivity contribution in [2.75, 3.05) is 19.8 Å². The molecule has 1 aliphatic carbocycles. The lowest BCUT2D eigenvalue weighted by atomic mass is 9.85. The summed E-state index contributed by atoms with van der Waals surface area (Å²) >= 11 is 0. The zero-order chi connectivity index (χ0) is 21.4. The minimum Gasteiger partial charge on any atom is -0.356 e. The minimum absolute atomic E-state index is 0. The van der Waals surface area contributed by atoms with E-state index in [-0.39, 0.29) is 47.9 Å². The van der Waals surface area contributed by atoms with Crippen LogP contribution in [0.3, 0.4) is 0 Å². The van der Waals surface area contributed by atoms with Crippen LogP contribution in [0.15, 0.2) is 34.2 Å². The molecule has 0 aromatic heterocycles. The first kappa shape index (κ1) is 26.7. The highest BCUT2D eigenvalue weighted by Gasteiger charge is 2.27. The standard InChI is InChI=1S/C21H34N4O3S.HI/c1-15(2)24-20(26)17-6-5-7-18(14-17)25-21(22-3)23-13-12-16-8-10-19(11-9-16)29(4,27)28;/h8-11,15,17-18H,5-7,12-14H2,1-4H3,(H,24,26)(H2,22,23,25);1H. The summed E-state index contributed by atoms with van der Waals surface area (Å²) in [6.07, 6.45) is 5.77. The highest BCUT2D eigenvalue weighted by molar-refractivity contribution is 14.0. The second kappa shape index (κ2) is 12.5. The number of nitrogens with one attached hydrogen (secondary N) is 3. The van der Waals surface area contributed by atoms with Crippen LogP contribution in [-0.2, 0) is 21.1 Å². The maximum atomic E-state index is 12.3. The molecular formula is C21H35IN4O3S. The molecule has 7 nitrogen and oxygen atoms in total. The van der Waals surface area contributed by atoms with Gasteiger partial charge >= 0.3 is 0 Å². The number of aliphatic imine (C=N–C) groups is 1. The fourth-order valence-corrected chi connectivity index (χ4v) is 4.21. The number of nitrogens with zero attached hydrogens (tertiary/aromatic N) is 1. The van der Waals surface area contributed by atoms with Crippen LogP contribution in [0.5, 0.6) is 0 Å². The molecule has 0 bridgehead atoms. The molecule has 2 unspecified atom stereocenters. The largest absolute Gasteiger partial charge is 0.356 e. The number of benzene rings is 1. The number of guanidine groups is 1. The molecule has 1 fully saturated rings. The summed E-state index contributed by atoms with van der Waals surface area (Å²) in [5, 5.41) is 9.76. The maximum absolute atomic E-state index is 12.3. The molecule has 0 radical (unpaired) electrons. The third kappa shape index (κ3) is 8.79. The van der Waals surface area contributed by atoms with E-state index in [0.717, 1.165) is 43.6 Å². The summed E-state index contributed by atoms with van der Waals surface area (Å²) in [5.74, 6) is 0.926. The van der Waals surface area contributed by atoms with Gasteiger partial charge in [0.2, 0.25) is 5.91 Å². The van der Waals surface area contributed by atoms with Gasteiger partial charge in [0.25, 0.3) is 0 Å². The van der Waals surface area contributed by atoms with Gasteiger partial charge in [0, 0.05) is 37.8 Å². The smallest absolute Gasteiger partial charge is 0.223 e. The van der Waals surface area contributed by atoms with Gasteiger partial charge in [-0.05, 0) is 57.2 Å². The third-order valence-corrected chi connectivity index (χ3v) is 6.23. The summed E-state index contributed by atoms with van der Waals surface area (Å²) in [6, 6.07) is 7.36. The predicted octanol–water partition coefficient (Wildman–Crippen LogP) is 2.50. The Balaban J connectivity index is 0.00000450. The van der Waals surface area contributed by atoms with Crippen molar-refractivity contribution in [1.29, 1.82) is 0 Å². The Morgan fingerprint density at radius 3 is 2.43 bits per heavy atom. The average Bonchev–Trinajstić information content (AvgIpc) is 2.66. The molecule has 0 heterocycles. The predicted molar refractivity (Wildman–Crippen MR) is 132 cm³/mol. The Morgan fingerprint density at radius 2 is 1.87 bits per heavy atom. The van der Waals surface area contributed by atoms with E-state index in [1.807, 2.05) is 26.0 Å². The number of sulfone groups is 1. The van der Waals surface area contributed by atoms with Gasteiger partial charge < -0.3 is 16.0 Å². The quantitative estimate of drug-likeness (QED) is 0.275. The van der Waals surface area contributed by atoms with E-state index in [9.17, 15) is 13.2 Å². The molecule has 0 saturated heterocycles. The van der Waals surface area contributed by atoms with E-state index in [1.54, 1.807) is 19.2 Å². The maximum Gasteiger partial charge on any atom is 0.223 e. The highest BCUT2D eigenvalue weighted by Crippen LogP contribution is 2.24. The van der Waals surface area contributed by atoms with Gasteiger partial charge in [0.15, 0.2) is 15.8 Å². The molecule has 0 aliphatic heterocycles. The first-order chi connectivity index (χ1) is 13.7. The number of hydrogen-bond acceptors (Lipinski definition) is 4. The molecular weight excluding hydrogens is 515 g/mol. The lowest BCUT2D eigenvalue weighted by Crippen LogP contribution is -2.47. The monoisotopic (exact) mass is 550 g/mol. The van der Waals surface area contributed by atoms with Gasteiger partial charge in [-0.3, -0.25) is 9.79 Å². The Bertz CT molecular complexity index is 810. The summed E-state index contributed by atoms with van der Waals surface area (Å²) in [5.41, 5.74) is 1.06. The number of carbonyl (C=O) groups excluding carboxylic acids is 1. The van der Waals surface area contributed by atoms with Crippen LogP contribution >= 0.6 is 24.0 Å². The normalized spacial score (nSPS) is 19.7. The van der Waals surface area contributed by atoms with Gasteiger partial charge in [-0.25, -0.2) is 8.42 Å². The van der Waals surface area contributed by atoms with E-state index in [2.05, 4.69) is 20.9 Å². The zero-order valence-electron chi connectivity index (χ0n) is 18.3. The molecule has 9 heteroatoms. The number of carbonyl (C=O) groups is 1. The van der Waals surface area contributed by atoms with Gasteiger partial charge in [-0.15, -0.1) is 24.0 Å². The summed E-state index contributed by atoms with van der Waals surface area (Å²) in [7, 11) is -1.43. The van der Waals surface area contributed by atoms with Gasteiger partial charge in [-0.1, -0.05) is 18.6 Å². The Hall–Kier alpha value is -1.36. The molecule has 30 heavy (non-hydrogen) atoms. The van der Waals surface area contributed by atoms with Crippen LogP contribution in [0.2, 0.25) is 0 Å². The molecule has 0 spiro atoms. The van der Waals surface area contributed by atoms with E-state index in [0.29, 0.717) is 11.4 Å². The van der Waals surface area contributed by atoms with Crippen LogP contribution in [-0.4, -0.2) is 52.2 Å². The third-order valence-electron chi connectivity index (χ3n) is 5.10. The van der Waals surface area contributed by atoms with Crippen molar-refractivity contribution in [3.05, 3.63) is 29.8 Å². The lowest BCUT2D eigenvalue weighted by molar-refractivity contribution is -0.126. The fraction of sp³-hybridized carbons (Fsp3) is 0.619. The zero-order valence-corrected chi connectivity index (χ0v) is 21.4. The van der Waals surface area contributed by atoms with E-state index >= 15 is 0 Å². The van der Waals surface area contributed by atoms with Crippen LogP contribution in [0.25, 0.3) is 0 Å². The first-order valence-electron chi connectivity index (χ1n) is 10.3. The van der Waals surface area contributed by atoms with Gasteiger partial charge in [0.05, 0.1) is 4.90 Å². The van der Waals surface area contributed by atoms with Crippen molar-refractivity contribution in [3.8, 4) is 0 Å². The molecule has 1 aliphatic rings. The molecule has 3 N–H and O–H groups in total. The van der Waals surface area contributed by atoms with Crippen molar-refractivity contribution in [2.45, 2.75) is 62.9 Å². The van der Waals surface area contributed by atoms with E-state index in [4.69, 9.17) is 0 Å². The second-order valence-corrected chi connectivity index (χ2v) is 10.0. The Morgan fingerprint density at radius 1 is 1.20 bits per heavy atom. The molecule has 170 valence electrons. The van der Waals surface area contributed by atoms with Crippen molar-refractivity contribution >= 4 is 45.7 Å². The summed E-state index contributed by atoms with van der Waals surface area (Å²) < 4.78 is 23.1. The van der Waals surface area contributed by atoms with E-state index < -0.39 is 9.84 Å². The highest BCUT2D eigenvalue weighted by atomic mass is 127. The number of amides is 1. The molecule has 1 amide bonds. The van der Waals surface area contributed by atoms with Crippen molar-refractivity contribution < 1.29 is 13.2 Å². The minimum atomic E-state index is -3.16. The van der Waals surface area contributed by atoms with Crippen LogP contribution < -0.4 is 16.0 Å². The van der Waals surface area contributed by atoms with Gasteiger partial charge in [-0.2, -0.15) is 0 Å². The van der Waals surface area contributed by atoms with Gasteiger partial charge in [0.1, 0.15) is 0 Å². The molecule has 2 atom stereocenters. The van der Waals surface area contributed by atoms with Crippen molar-refractivity contribution in [1.82, 2.24) is 16.0 Å². The van der Waals surface area contributed by atoms with Crippen molar-refractivity contribution in [3.63, 3.8) is 0 Å². The lowest BCUT2D eigenvalue weighted by Gasteiger charge is -2.30. The van der Waals surface area contributed by atoms with E-state index in [1.165, 1.54) is 6.26 Å². The molecule has 1 aromatic carbocycles. The Kier molecular flexibility index (Phi) is 11.1. The summed E-state index contributed by atoms with van der Waals surface area (Å²) in [4.78, 5) is 16.9. The topological polar surface area (TPSA) is 99.7 Å². The number of rotatable bonds is 7. The average molecular weight is 551 g/mol. The molecule has 1 saturated carbocycles. The number of hydrogen-bond donors (Lipinski definition) is 3. The van der Waals surface area contributed by atoms with Crippen molar-refractivity contribution in [2.24, 2.45) is 10.9 Å². The van der Waals surface area contributed by atoms with Crippen LogP contribution in [0.4, 0.5) is 0 Å². The fourth-order valence-electron chi connectivity index (χ4n) is 3.58. The second-order valence-electron chi connectivity index (χ2n) is 8.03. The van der Waals surface area contributed by atoms with Crippen LogP contribution in [0.1, 0.15) is 45.1 Å². The molecule has 1 aromatic rings. The molecule has 2 rings (SSSR count). The van der Waals surface area contributed by atoms with Crippen LogP contribution in [0, 0.1) is 5.92 Å². The SMILES string of the molecule is CN=C(NCCc1ccc(S(C)(=O)=O)cc1)NC1CCCC(C(=O)NC(C)C)C1.I.